The summed E-state index contributed by atoms with van der Waals surface area (Å²) in [5.74, 6) is -1.40. The van der Waals surface area contributed by atoms with Crippen molar-refractivity contribution in [3.8, 4) is 0 Å². The molecule has 0 aliphatic heterocycles. The molecule has 0 radical (unpaired) electrons. The number of nitrogens with zero attached hydrogens (tertiary/aromatic N) is 1. The maximum atomic E-state index is 11.3. The Morgan fingerprint density at radius 3 is 2.11 bits per heavy atom. The van der Waals surface area contributed by atoms with Crippen LogP contribution in [0.2, 0.25) is 0 Å². The van der Waals surface area contributed by atoms with Crippen LogP contribution in [0.5, 0.6) is 0 Å². The summed E-state index contributed by atoms with van der Waals surface area (Å²) in [7, 11) is 0. The summed E-state index contributed by atoms with van der Waals surface area (Å²) in [4.78, 5) is 24.0. The van der Waals surface area contributed by atoms with E-state index in [0.29, 0.717) is 12.1 Å². The van der Waals surface area contributed by atoms with Gasteiger partial charge in [0, 0.05) is 17.8 Å². The zero-order valence-corrected chi connectivity index (χ0v) is 10.8. The van der Waals surface area contributed by atoms with E-state index in [1.54, 1.807) is 43.0 Å². The molecule has 0 saturated heterocycles. The molecule has 0 fully saturated rings. The Hall–Kier alpha value is -2.04. The lowest BCUT2D eigenvalue weighted by Gasteiger charge is -2.36. The summed E-state index contributed by atoms with van der Waals surface area (Å²) in [5, 5.41) is 9.23. The number of primary amides is 1. The van der Waals surface area contributed by atoms with Crippen molar-refractivity contribution < 1.29 is 14.7 Å². The lowest BCUT2D eigenvalue weighted by Crippen LogP contribution is -2.50. The average molecular weight is 250 g/mol. The van der Waals surface area contributed by atoms with Gasteiger partial charge in [-0.15, -0.1) is 0 Å². The Morgan fingerprint density at radius 1 is 1.28 bits per heavy atom. The Kier molecular flexibility index (Phi) is 3.96. The molecule has 1 aromatic carbocycles. The molecule has 0 heterocycles. The van der Waals surface area contributed by atoms with Crippen LogP contribution in [0.25, 0.3) is 0 Å². The minimum Gasteiger partial charge on any atom is -0.480 e. The van der Waals surface area contributed by atoms with Gasteiger partial charge >= 0.3 is 5.97 Å². The van der Waals surface area contributed by atoms with Gasteiger partial charge in [-0.2, -0.15) is 0 Å². The average Bonchev–Trinajstić information content (AvgIpc) is 2.30. The number of carbonyl (C=O) groups excluding carboxylic acids is 1. The van der Waals surface area contributed by atoms with Crippen LogP contribution in [-0.4, -0.2) is 29.1 Å². The summed E-state index contributed by atoms with van der Waals surface area (Å²) in [6.45, 7) is 5.71. The van der Waals surface area contributed by atoms with Gasteiger partial charge in [0.2, 0.25) is 5.91 Å². The van der Waals surface area contributed by atoms with Crippen LogP contribution in [0.1, 0.15) is 31.1 Å². The summed E-state index contributed by atoms with van der Waals surface area (Å²) < 4.78 is 0. The van der Waals surface area contributed by atoms with Gasteiger partial charge in [0.05, 0.1) is 0 Å². The van der Waals surface area contributed by atoms with Gasteiger partial charge in [0.1, 0.15) is 5.54 Å². The number of hydrogen-bond acceptors (Lipinski definition) is 3. The van der Waals surface area contributed by atoms with Crippen LogP contribution >= 0.6 is 0 Å². The predicted molar refractivity (Wildman–Crippen MR) is 69.7 cm³/mol. The molecule has 0 atom stereocenters. The van der Waals surface area contributed by atoms with Crippen LogP contribution in [0, 0.1) is 0 Å². The largest absolute Gasteiger partial charge is 0.480 e. The van der Waals surface area contributed by atoms with Crippen molar-refractivity contribution in [2.75, 3.05) is 11.4 Å². The van der Waals surface area contributed by atoms with Gasteiger partial charge in [-0.3, -0.25) is 4.79 Å². The van der Waals surface area contributed by atoms with Crippen LogP contribution in [0.15, 0.2) is 24.3 Å². The Balaban J connectivity index is 3.10. The van der Waals surface area contributed by atoms with Gasteiger partial charge in [0.15, 0.2) is 0 Å². The molecule has 0 saturated carbocycles. The molecule has 1 aromatic rings. The Morgan fingerprint density at radius 2 is 1.78 bits per heavy atom. The van der Waals surface area contributed by atoms with E-state index in [-0.39, 0.29) is 0 Å². The third-order valence-electron chi connectivity index (χ3n) is 2.98. The van der Waals surface area contributed by atoms with E-state index in [9.17, 15) is 14.7 Å². The molecule has 1 rings (SSSR count). The number of aliphatic carboxylic acids is 1. The summed E-state index contributed by atoms with van der Waals surface area (Å²) in [6.07, 6.45) is 0. The van der Waals surface area contributed by atoms with Crippen molar-refractivity contribution >= 4 is 17.6 Å². The first kappa shape index (κ1) is 14.0. The molecular formula is C13H18N2O3. The van der Waals surface area contributed by atoms with Crippen molar-refractivity contribution in [3.05, 3.63) is 29.8 Å². The summed E-state index contributed by atoms with van der Waals surface area (Å²) >= 11 is 0. The topological polar surface area (TPSA) is 83.6 Å². The zero-order chi connectivity index (χ0) is 13.9. The molecule has 98 valence electrons. The maximum absolute atomic E-state index is 11.3. The van der Waals surface area contributed by atoms with Crippen LogP contribution in [0.3, 0.4) is 0 Å². The first-order valence-electron chi connectivity index (χ1n) is 5.71. The van der Waals surface area contributed by atoms with Crippen molar-refractivity contribution in [2.24, 2.45) is 5.73 Å². The highest BCUT2D eigenvalue weighted by atomic mass is 16.4. The fraction of sp³-hybridized carbons (Fsp3) is 0.385. The van der Waals surface area contributed by atoms with E-state index in [2.05, 4.69) is 0 Å². The second-order valence-corrected chi connectivity index (χ2v) is 4.52. The number of carbonyl (C=O) groups is 2. The smallest absolute Gasteiger partial charge is 0.328 e. The van der Waals surface area contributed by atoms with E-state index in [1.807, 2.05) is 6.92 Å². The standard InChI is InChI=1S/C13H18N2O3/c1-4-15(13(2,3)12(17)18)10-7-5-9(6-8-10)11(14)16/h5-8H,4H2,1-3H3,(H2,14,16)(H,17,18). The molecule has 0 bridgehead atoms. The summed E-state index contributed by atoms with van der Waals surface area (Å²) in [5.41, 5.74) is 5.30. The molecule has 0 aliphatic carbocycles. The fourth-order valence-electron chi connectivity index (χ4n) is 1.82. The van der Waals surface area contributed by atoms with Gasteiger partial charge in [-0.05, 0) is 45.0 Å². The summed E-state index contributed by atoms with van der Waals surface area (Å²) in [6, 6.07) is 6.60. The number of carboxylic acids is 1. The number of anilines is 1. The maximum Gasteiger partial charge on any atom is 0.328 e. The normalized spacial score (nSPS) is 11.1. The minimum absolute atomic E-state index is 0.405. The molecule has 0 aliphatic rings. The second kappa shape index (κ2) is 5.08. The molecule has 5 heteroatoms. The molecule has 18 heavy (non-hydrogen) atoms. The molecule has 1 amide bonds. The van der Waals surface area contributed by atoms with Crippen LogP contribution < -0.4 is 10.6 Å². The number of carboxylic acid groups (broad SMARTS) is 1. The molecule has 3 N–H and O–H groups in total. The van der Waals surface area contributed by atoms with Crippen molar-refractivity contribution in [1.29, 1.82) is 0 Å². The highest BCUT2D eigenvalue weighted by Crippen LogP contribution is 2.24. The van der Waals surface area contributed by atoms with Gasteiger partial charge < -0.3 is 15.7 Å². The highest BCUT2D eigenvalue weighted by Gasteiger charge is 2.33. The number of nitrogens with two attached hydrogens (primary N) is 1. The SMILES string of the molecule is CCN(c1ccc(C(N)=O)cc1)C(C)(C)C(=O)O. The first-order chi connectivity index (χ1) is 8.30. The van der Waals surface area contributed by atoms with Crippen molar-refractivity contribution in [1.82, 2.24) is 0 Å². The van der Waals surface area contributed by atoms with Gasteiger partial charge in [-0.1, -0.05) is 0 Å². The minimum atomic E-state index is -1.01. The van der Waals surface area contributed by atoms with E-state index < -0.39 is 17.4 Å². The number of likely N-dealkylation sites (N-methyl/N-ethyl adjacent to an activating group) is 1. The lowest BCUT2D eigenvalue weighted by atomic mass is 10.0. The number of hydrogen-bond donors (Lipinski definition) is 2. The Bertz CT molecular complexity index is 452. The van der Waals surface area contributed by atoms with E-state index in [4.69, 9.17) is 5.73 Å². The van der Waals surface area contributed by atoms with E-state index >= 15 is 0 Å². The quantitative estimate of drug-likeness (QED) is 0.829. The fourth-order valence-corrected chi connectivity index (χ4v) is 1.82. The third-order valence-corrected chi connectivity index (χ3v) is 2.98. The lowest BCUT2D eigenvalue weighted by molar-refractivity contribution is -0.142. The van der Waals surface area contributed by atoms with Crippen LogP contribution in [0.4, 0.5) is 5.69 Å². The zero-order valence-electron chi connectivity index (χ0n) is 10.8. The number of amides is 1. The monoisotopic (exact) mass is 250 g/mol. The number of benzene rings is 1. The predicted octanol–water partition coefficient (Wildman–Crippen LogP) is 1.47. The number of rotatable bonds is 5. The van der Waals surface area contributed by atoms with Gasteiger partial charge in [-0.25, -0.2) is 4.79 Å². The molecule has 5 nitrogen and oxygen atoms in total. The van der Waals surface area contributed by atoms with Crippen molar-refractivity contribution in [3.63, 3.8) is 0 Å². The Labute approximate surface area is 106 Å². The molecular weight excluding hydrogens is 232 g/mol. The highest BCUT2D eigenvalue weighted by molar-refractivity contribution is 5.93. The van der Waals surface area contributed by atoms with Crippen LogP contribution in [-0.2, 0) is 4.79 Å². The second-order valence-electron chi connectivity index (χ2n) is 4.52. The molecule has 0 aromatic heterocycles. The van der Waals surface area contributed by atoms with Crippen molar-refractivity contribution in [2.45, 2.75) is 26.3 Å². The van der Waals surface area contributed by atoms with E-state index in [1.165, 1.54) is 0 Å². The molecule has 0 spiro atoms. The van der Waals surface area contributed by atoms with Gasteiger partial charge in [0.25, 0.3) is 0 Å². The molecule has 0 unspecified atom stereocenters. The first-order valence-corrected chi connectivity index (χ1v) is 5.71. The van der Waals surface area contributed by atoms with E-state index in [0.717, 1.165) is 5.69 Å². The third kappa shape index (κ3) is 2.61.